The number of benzene rings is 1. The lowest BCUT2D eigenvalue weighted by atomic mass is 9.98. The fourth-order valence-electron chi connectivity index (χ4n) is 2.52. The molecule has 3 rings (SSSR count). The highest BCUT2D eigenvalue weighted by molar-refractivity contribution is 5.51. The number of hydrogen-bond acceptors (Lipinski definition) is 4. The summed E-state index contributed by atoms with van der Waals surface area (Å²) in [5.41, 5.74) is 10.6. The van der Waals surface area contributed by atoms with Crippen molar-refractivity contribution in [2.45, 2.75) is 26.4 Å². The Morgan fingerprint density at radius 1 is 1.44 bits per heavy atom. The molecule has 4 nitrogen and oxygen atoms in total. The van der Waals surface area contributed by atoms with E-state index in [1.54, 1.807) is 0 Å². The SMILES string of the molecule is Cc1ocnc1CN1CCc2c(N)cccc2C1. The van der Waals surface area contributed by atoms with E-state index in [1.807, 2.05) is 19.1 Å². The van der Waals surface area contributed by atoms with Crippen LogP contribution in [-0.2, 0) is 19.5 Å². The number of oxazole rings is 1. The van der Waals surface area contributed by atoms with Crippen molar-refractivity contribution in [1.82, 2.24) is 9.88 Å². The lowest BCUT2D eigenvalue weighted by molar-refractivity contribution is 0.242. The number of nitrogens with two attached hydrogens (primary N) is 1. The van der Waals surface area contributed by atoms with Gasteiger partial charge in [0, 0.05) is 25.3 Å². The minimum atomic E-state index is 0.844. The summed E-state index contributed by atoms with van der Waals surface area (Å²) in [5, 5.41) is 0. The van der Waals surface area contributed by atoms with E-state index in [2.05, 4.69) is 16.0 Å². The van der Waals surface area contributed by atoms with Gasteiger partial charge < -0.3 is 10.2 Å². The Hall–Kier alpha value is -1.81. The van der Waals surface area contributed by atoms with Gasteiger partial charge in [0.05, 0.1) is 5.69 Å². The van der Waals surface area contributed by atoms with Gasteiger partial charge in [-0.3, -0.25) is 4.90 Å². The van der Waals surface area contributed by atoms with Crippen molar-refractivity contribution >= 4 is 5.69 Å². The van der Waals surface area contributed by atoms with Crippen LogP contribution < -0.4 is 5.73 Å². The van der Waals surface area contributed by atoms with Crippen molar-refractivity contribution in [2.24, 2.45) is 0 Å². The molecule has 0 atom stereocenters. The fraction of sp³-hybridized carbons (Fsp3) is 0.357. The highest BCUT2D eigenvalue weighted by atomic mass is 16.3. The predicted octanol–water partition coefficient (Wildman–Crippen LogP) is 2.12. The molecule has 1 aromatic carbocycles. The van der Waals surface area contributed by atoms with E-state index in [-0.39, 0.29) is 0 Å². The summed E-state index contributed by atoms with van der Waals surface area (Å²) in [7, 11) is 0. The lowest BCUT2D eigenvalue weighted by Gasteiger charge is -2.28. The van der Waals surface area contributed by atoms with Gasteiger partial charge in [0.15, 0.2) is 6.39 Å². The number of aryl methyl sites for hydroxylation is 1. The molecule has 2 heterocycles. The first-order valence-corrected chi connectivity index (χ1v) is 6.21. The van der Waals surface area contributed by atoms with Crippen molar-refractivity contribution in [3.63, 3.8) is 0 Å². The molecular formula is C14H17N3O. The number of hydrogen-bond donors (Lipinski definition) is 1. The van der Waals surface area contributed by atoms with Crippen molar-refractivity contribution in [2.75, 3.05) is 12.3 Å². The third-order valence-electron chi connectivity index (χ3n) is 3.60. The van der Waals surface area contributed by atoms with Crippen molar-refractivity contribution in [3.05, 3.63) is 47.2 Å². The second kappa shape index (κ2) is 4.46. The van der Waals surface area contributed by atoms with E-state index in [9.17, 15) is 0 Å². The molecule has 0 spiro atoms. The molecular weight excluding hydrogens is 226 g/mol. The van der Waals surface area contributed by atoms with Crippen LogP contribution in [0.15, 0.2) is 29.0 Å². The van der Waals surface area contributed by atoms with Crippen molar-refractivity contribution < 1.29 is 4.42 Å². The Morgan fingerprint density at radius 3 is 3.11 bits per heavy atom. The minimum Gasteiger partial charge on any atom is -0.448 e. The molecule has 0 bridgehead atoms. The molecule has 0 aliphatic carbocycles. The lowest BCUT2D eigenvalue weighted by Crippen LogP contribution is -2.30. The summed E-state index contributed by atoms with van der Waals surface area (Å²) in [5.74, 6) is 0.911. The predicted molar refractivity (Wildman–Crippen MR) is 69.9 cm³/mol. The van der Waals surface area contributed by atoms with Gasteiger partial charge in [0.2, 0.25) is 0 Å². The third-order valence-corrected chi connectivity index (χ3v) is 3.60. The van der Waals surface area contributed by atoms with Crippen LogP contribution in [-0.4, -0.2) is 16.4 Å². The van der Waals surface area contributed by atoms with E-state index < -0.39 is 0 Å². The van der Waals surface area contributed by atoms with Gasteiger partial charge in [-0.05, 0) is 30.5 Å². The molecule has 0 amide bonds. The van der Waals surface area contributed by atoms with Crippen LogP contribution in [0, 0.1) is 6.92 Å². The molecule has 0 saturated carbocycles. The van der Waals surface area contributed by atoms with E-state index in [0.29, 0.717) is 0 Å². The van der Waals surface area contributed by atoms with Gasteiger partial charge in [-0.2, -0.15) is 0 Å². The summed E-state index contributed by atoms with van der Waals surface area (Å²) in [4.78, 5) is 6.63. The molecule has 0 unspecified atom stereocenters. The summed E-state index contributed by atoms with van der Waals surface area (Å²) >= 11 is 0. The van der Waals surface area contributed by atoms with E-state index in [1.165, 1.54) is 17.5 Å². The topological polar surface area (TPSA) is 55.3 Å². The molecule has 0 saturated heterocycles. The van der Waals surface area contributed by atoms with Crippen LogP contribution in [0.3, 0.4) is 0 Å². The summed E-state index contributed by atoms with van der Waals surface area (Å²) < 4.78 is 5.24. The van der Waals surface area contributed by atoms with Crippen molar-refractivity contribution in [3.8, 4) is 0 Å². The Bertz CT molecular complexity index is 562. The Kier molecular flexibility index (Phi) is 2.80. The molecule has 94 valence electrons. The maximum Gasteiger partial charge on any atom is 0.181 e. The molecule has 2 N–H and O–H groups in total. The number of anilines is 1. The summed E-state index contributed by atoms with van der Waals surface area (Å²) in [6.07, 6.45) is 2.53. The van der Waals surface area contributed by atoms with E-state index >= 15 is 0 Å². The van der Waals surface area contributed by atoms with Crippen LogP contribution in [0.25, 0.3) is 0 Å². The minimum absolute atomic E-state index is 0.844. The first-order chi connectivity index (χ1) is 8.74. The maximum atomic E-state index is 6.00. The number of nitrogens with zero attached hydrogens (tertiary/aromatic N) is 2. The smallest absolute Gasteiger partial charge is 0.181 e. The number of rotatable bonds is 2. The largest absolute Gasteiger partial charge is 0.448 e. The molecule has 1 aliphatic rings. The molecule has 2 aromatic rings. The molecule has 1 aliphatic heterocycles. The van der Waals surface area contributed by atoms with E-state index in [0.717, 1.165) is 43.2 Å². The zero-order valence-electron chi connectivity index (χ0n) is 10.5. The van der Waals surface area contributed by atoms with Gasteiger partial charge in [-0.25, -0.2) is 4.98 Å². The van der Waals surface area contributed by atoms with Crippen LogP contribution in [0.1, 0.15) is 22.6 Å². The van der Waals surface area contributed by atoms with Crippen molar-refractivity contribution in [1.29, 1.82) is 0 Å². The zero-order chi connectivity index (χ0) is 12.5. The first kappa shape index (κ1) is 11.3. The average molecular weight is 243 g/mol. The maximum absolute atomic E-state index is 6.00. The zero-order valence-corrected chi connectivity index (χ0v) is 10.5. The van der Waals surface area contributed by atoms with Gasteiger partial charge in [-0.1, -0.05) is 12.1 Å². The monoisotopic (exact) mass is 243 g/mol. The molecule has 4 heteroatoms. The molecule has 18 heavy (non-hydrogen) atoms. The second-order valence-electron chi connectivity index (χ2n) is 4.80. The third kappa shape index (κ3) is 1.99. The molecule has 0 fully saturated rings. The van der Waals surface area contributed by atoms with Gasteiger partial charge in [-0.15, -0.1) is 0 Å². The molecule has 0 radical (unpaired) electrons. The highest BCUT2D eigenvalue weighted by Crippen LogP contribution is 2.25. The van der Waals surface area contributed by atoms with Gasteiger partial charge in [0.25, 0.3) is 0 Å². The number of fused-ring (bicyclic) bond motifs is 1. The van der Waals surface area contributed by atoms with Crippen LogP contribution >= 0.6 is 0 Å². The number of nitrogen functional groups attached to an aromatic ring is 1. The number of aromatic nitrogens is 1. The summed E-state index contributed by atoms with van der Waals surface area (Å²) in [6, 6.07) is 6.17. The standard InChI is InChI=1S/C14H17N3O/c1-10-14(16-9-18-10)8-17-6-5-12-11(7-17)3-2-4-13(12)15/h2-4,9H,5-8,15H2,1H3. The van der Waals surface area contributed by atoms with Crippen LogP contribution in [0.4, 0.5) is 5.69 Å². The van der Waals surface area contributed by atoms with Gasteiger partial charge >= 0.3 is 0 Å². The Balaban J connectivity index is 1.77. The Morgan fingerprint density at radius 2 is 2.33 bits per heavy atom. The average Bonchev–Trinajstić information content (AvgIpc) is 2.75. The van der Waals surface area contributed by atoms with Crippen LogP contribution in [0.2, 0.25) is 0 Å². The van der Waals surface area contributed by atoms with Gasteiger partial charge in [0.1, 0.15) is 5.76 Å². The summed E-state index contributed by atoms with van der Waals surface area (Å²) in [6.45, 7) is 4.76. The van der Waals surface area contributed by atoms with Crippen LogP contribution in [0.5, 0.6) is 0 Å². The quantitative estimate of drug-likeness (QED) is 0.821. The molecule has 1 aromatic heterocycles. The normalized spacial score (nSPS) is 15.6. The second-order valence-corrected chi connectivity index (χ2v) is 4.80. The Labute approximate surface area is 106 Å². The highest BCUT2D eigenvalue weighted by Gasteiger charge is 2.19. The van der Waals surface area contributed by atoms with E-state index in [4.69, 9.17) is 10.2 Å². The fourth-order valence-corrected chi connectivity index (χ4v) is 2.52. The first-order valence-electron chi connectivity index (χ1n) is 6.21.